The van der Waals surface area contributed by atoms with E-state index in [9.17, 15) is 5.11 Å². The summed E-state index contributed by atoms with van der Waals surface area (Å²) >= 11 is 0. The molecule has 0 aliphatic carbocycles. The summed E-state index contributed by atoms with van der Waals surface area (Å²) in [6, 6.07) is 20.7. The average Bonchev–Trinajstić information content (AvgIpc) is 2.70. The number of nitrogens with zero attached hydrogens (tertiary/aromatic N) is 1. The summed E-state index contributed by atoms with van der Waals surface area (Å²) in [6.07, 6.45) is 4.98. The van der Waals surface area contributed by atoms with Gasteiger partial charge in [0.1, 0.15) is 12.3 Å². The van der Waals surface area contributed by atoms with Crippen LogP contribution < -0.4 is 0 Å². The lowest BCUT2D eigenvalue weighted by molar-refractivity contribution is -0.0221. The molecule has 3 nitrogen and oxygen atoms in total. The Hall–Kier alpha value is -1.68. The van der Waals surface area contributed by atoms with E-state index < -0.39 is 0 Å². The third-order valence-electron chi connectivity index (χ3n) is 4.91. The van der Waals surface area contributed by atoms with Gasteiger partial charge in [0.05, 0.1) is 0 Å². The van der Waals surface area contributed by atoms with Crippen molar-refractivity contribution in [2.75, 3.05) is 19.7 Å². The average molecular weight is 339 g/mol. The van der Waals surface area contributed by atoms with Crippen LogP contribution in [0.3, 0.4) is 0 Å². The first-order valence-electron chi connectivity index (χ1n) is 9.48. The van der Waals surface area contributed by atoms with Gasteiger partial charge in [0.15, 0.2) is 0 Å². The van der Waals surface area contributed by atoms with E-state index in [1.807, 2.05) is 12.1 Å². The molecule has 2 aromatic carbocycles. The number of piperidine rings is 1. The molecule has 3 heteroatoms. The zero-order valence-corrected chi connectivity index (χ0v) is 14.9. The lowest BCUT2D eigenvalue weighted by atomic mass is 10.0. The summed E-state index contributed by atoms with van der Waals surface area (Å²) in [5.74, 6) is 0. The maximum atomic E-state index is 10.3. The van der Waals surface area contributed by atoms with Gasteiger partial charge in [-0.05, 0) is 36.8 Å². The molecule has 1 saturated heterocycles. The lowest BCUT2D eigenvalue weighted by Crippen LogP contribution is -2.39. The van der Waals surface area contributed by atoms with Gasteiger partial charge in [-0.15, -0.1) is 0 Å². The summed E-state index contributed by atoms with van der Waals surface area (Å²) < 4.78 is 6.22. The fraction of sp³-hybridized carbons (Fsp3) is 0.455. The highest BCUT2D eigenvalue weighted by Crippen LogP contribution is 2.26. The smallest absolute Gasteiger partial charge is 0.108 e. The van der Waals surface area contributed by atoms with Crippen molar-refractivity contribution in [3.63, 3.8) is 0 Å². The number of aliphatic hydroxyl groups is 1. The molecule has 25 heavy (non-hydrogen) atoms. The molecule has 0 aromatic heterocycles. The molecule has 0 spiro atoms. The Balaban J connectivity index is 1.53. The van der Waals surface area contributed by atoms with Crippen molar-refractivity contribution < 1.29 is 9.84 Å². The number of benzene rings is 2. The van der Waals surface area contributed by atoms with Crippen LogP contribution in [0.15, 0.2) is 60.7 Å². The third kappa shape index (κ3) is 5.40. The van der Waals surface area contributed by atoms with Gasteiger partial charge in [-0.3, -0.25) is 4.90 Å². The Morgan fingerprint density at radius 1 is 0.840 bits per heavy atom. The molecule has 1 aliphatic rings. The second-order valence-electron chi connectivity index (χ2n) is 6.79. The Bertz CT molecular complexity index is 556. The standard InChI is InChI=1S/C22H29NO2/c24-21(23-16-8-3-9-17-23)15-10-18-25-22(19-11-4-1-5-12-19)20-13-6-2-7-14-20/h1-2,4-7,11-14,21-22,24H,3,8-10,15-18H2. The zero-order valence-electron chi connectivity index (χ0n) is 14.9. The summed E-state index contributed by atoms with van der Waals surface area (Å²) in [5, 5.41) is 10.3. The van der Waals surface area contributed by atoms with Crippen molar-refractivity contribution in [1.29, 1.82) is 0 Å². The minimum absolute atomic E-state index is 0.0467. The van der Waals surface area contributed by atoms with E-state index in [2.05, 4.69) is 53.4 Å². The molecule has 0 bridgehead atoms. The third-order valence-corrected chi connectivity index (χ3v) is 4.91. The fourth-order valence-electron chi connectivity index (χ4n) is 3.51. The summed E-state index contributed by atoms with van der Waals surface area (Å²) in [4.78, 5) is 2.20. The Morgan fingerprint density at radius 2 is 1.40 bits per heavy atom. The zero-order chi connectivity index (χ0) is 17.3. The molecule has 1 N–H and O–H groups in total. The number of hydrogen-bond donors (Lipinski definition) is 1. The molecule has 0 saturated carbocycles. The van der Waals surface area contributed by atoms with E-state index >= 15 is 0 Å². The number of ether oxygens (including phenoxy) is 1. The Labute approximate surface area is 151 Å². The van der Waals surface area contributed by atoms with Crippen molar-refractivity contribution in [3.05, 3.63) is 71.8 Å². The summed E-state index contributed by atoms with van der Waals surface area (Å²) in [6.45, 7) is 2.71. The van der Waals surface area contributed by atoms with Crippen LogP contribution in [0.4, 0.5) is 0 Å². The largest absolute Gasteiger partial charge is 0.378 e. The van der Waals surface area contributed by atoms with Gasteiger partial charge in [0, 0.05) is 19.7 Å². The quantitative estimate of drug-likeness (QED) is 0.725. The molecule has 0 radical (unpaired) electrons. The molecule has 134 valence electrons. The van der Waals surface area contributed by atoms with Crippen molar-refractivity contribution in [2.45, 2.75) is 44.4 Å². The van der Waals surface area contributed by atoms with Gasteiger partial charge in [0.25, 0.3) is 0 Å². The minimum atomic E-state index is -0.323. The van der Waals surface area contributed by atoms with Crippen LogP contribution in [0, 0.1) is 0 Å². The van der Waals surface area contributed by atoms with Gasteiger partial charge in [-0.25, -0.2) is 0 Å². The minimum Gasteiger partial charge on any atom is -0.378 e. The van der Waals surface area contributed by atoms with E-state index in [4.69, 9.17) is 4.74 Å². The fourth-order valence-corrected chi connectivity index (χ4v) is 3.51. The predicted molar refractivity (Wildman–Crippen MR) is 101 cm³/mol. The van der Waals surface area contributed by atoms with E-state index in [-0.39, 0.29) is 12.3 Å². The highest BCUT2D eigenvalue weighted by molar-refractivity contribution is 5.29. The van der Waals surface area contributed by atoms with E-state index in [1.165, 1.54) is 30.4 Å². The van der Waals surface area contributed by atoms with Crippen molar-refractivity contribution in [1.82, 2.24) is 4.90 Å². The predicted octanol–water partition coefficient (Wildman–Crippen LogP) is 4.38. The second kappa shape index (κ2) is 9.71. The van der Waals surface area contributed by atoms with Crippen LogP contribution in [0.1, 0.15) is 49.3 Å². The number of rotatable bonds is 8. The molecule has 1 aliphatic heterocycles. The van der Waals surface area contributed by atoms with Crippen LogP contribution >= 0.6 is 0 Å². The Kier molecular flexibility index (Phi) is 7.04. The van der Waals surface area contributed by atoms with Gasteiger partial charge in [-0.2, -0.15) is 0 Å². The molecule has 3 rings (SSSR count). The van der Waals surface area contributed by atoms with Crippen molar-refractivity contribution in [2.24, 2.45) is 0 Å². The van der Waals surface area contributed by atoms with Crippen molar-refractivity contribution >= 4 is 0 Å². The Morgan fingerprint density at radius 3 is 1.96 bits per heavy atom. The molecule has 1 fully saturated rings. The van der Waals surface area contributed by atoms with Gasteiger partial charge in [0.2, 0.25) is 0 Å². The molecular weight excluding hydrogens is 310 g/mol. The monoisotopic (exact) mass is 339 g/mol. The highest BCUT2D eigenvalue weighted by Gasteiger charge is 2.18. The number of hydrogen-bond acceptors (Lipinski definition) is 3. The lowest BCUT2D eigenvalue weighted by Gasteiger charge is -2.31. The van der Waals surface area contributed by atoms with Crippen LogP contribution in [-0.4, -0.2) is 35.9 Å². The van der Waals surface area contributed by atoms with E-state index in [0.717, 1.165) is 25.9 Å². The summed E-state index contributed by atoms with van der Waals surface area (Å²) in [5.41, 5.74) is 2.34. The maximum Gasteiger partial charge on any atom is 0.108 e. The number of aliphatic hydroxyl groups excluding tert-OH is 1. The molecular formula is C22H29NO2. The second-order valence-corrected chi connectivity index (χ2v) is 6.79. The van der Waals surface area contributed by atoms with Gasteiger partial charge < -0.3 is 9.84 Å². The SMILES string of the molecule is OC(CCCOC(c1ccccc1)c1ccccc1)N1CCCCC1. The van der Waals surface area contributed by atoms with Crippen LogP contribution in [-0.2, 0) is 4.74 Å². The first-order chi connectivity index (χ1) is 12.3. The first kappa shape index (κ1) is 18.1. The summed E-state index contributed by atoms with van der Waals surface area (Å²) in [7, 11) is 0. The molecule has 0 amide bonds. The molecule has 1 unspecified atom stereocenters. The van der Waals surface area contributed by atoms with Crippen LogP contribution in [0.5, 0.6) is 0 Å². The van der Waals surface area contributed by atoms with Gasteiger partial charge >= 0.3 is 0 Å². The van der Waals surface area contributed by atoms with Crippen molar-refractivity contribution in [3.8, 4) is 0 Å². The van der Waals surface area contributed by atoms with Crippen LogP contribution in [0.2, 0.25) is 0 Å². The van der Waals surface area contributed by atoms with Crippen LogP contribution in [0.25, 0.3) is 0 Å². The maximum absolute atomic E-state index is 10.3. The molecule has 1 heterocycles. The normalized spacial score (nSPS) is 16.9. The highest BCUT2D eigenvalue weighted by atomic mass is 16.5. The first-order valence-corrected chi connectivity index (χ1v) is 9.48. The van der Waals surface area contributed by atoms with Gasteiger partial charge in [-0.1, -0.05) is 67.1 Å². The molecule has 2 aromatic rings. The van der Waals surface area contributed by atoms with E-state index in [1.54, 1.807) is 0 Å². The topological polar surface area (TPSA) is 32.7 Å². The molecule has 1 atom stereocenters. The van der Waals surface area contributed by atoms with E-state index in [0.29, 0.717) is 6.61 Å². The number of likely N-dealkylation sites (tertiary alicyclic amines) is 1.